The van der Waals surface area contributed by atoms with Crippen molar-refractivity contribution in [3.8, 4) is 0 Å². The molecule has 1 fully saturated rings. The van der Waals surface area contributed by atoms with E-state index in [1.165, 1.54) is 13.2 Å². The zero-order valence-electron chi connectivity index (χ0n) is 14.5. The van der Waals surface area contributed by atoms with E-state index in [4.69, 9.17) is 9.15 Å². The van der Waals surface area contributed by atoms with Gasteiger partial charge in [-0.05, 0) is 56.4 Å². The highest BCUT2D eigenvalue weighted by Gasteiger charge is 2.34. The number of aryl methyl sites for hydroxylation is 2. The van der Waals surface area contributed by atoms with Crippen LogP contribution in [-0.2, 0) is 14.3 Å². The number of amides is 1. The van der Waals surface area contributed by atoms with Crippen molar-refractivity contribution in [1.82, 2.24) is 0 Å². The summed E-state index contributed by atoms with van der Waals surface area (Å²) in [4.78, 5) is 35.7. The van der Waals surface area contributed by atoms with Crippen LogP contribution in [0.2, 0.25) is 0 Å². The molecule has 1 heterocycles. The van der Waals surface area contributed by atoms with E-state index in [0.717, 1.165) is 16.5 Å². The van der Waals surface area contributed by atoms with Gasteiger partial charge in [0.15, 0.2) is 0 Å². The molecule has 2 aromatic rings. The summed E-state index contributed by atoms with van der Waals surface area (Å²) in [6.45, 7) is 3.68. The molecule has 25 heavy (non-hydrogen) atoms. The molecule has 0 unspecified atom stereocenters. The summed E-state index contributed by atoms with van der Waals surface area (Å²) >= 11 is 0. The van der Waals surface area contributed by atoms with Gasteiger partial charge in [-0.25, -0.2) is 4.79 Å². The summed E-state index contributed by atoms with van der Waals surface area (Å²) in [5.41, 5.74) is 2.43. The fraction of sp³-hybridized carbons (Fsp3) is 0.421. The number of esters is 1. The van der Waals surface area contributed by atoms with Crippen LogP contribution in [0.4, 0.5) is 5.69 Å². The smallest absolute Gasteiger partial charge is 0.336 e. The Labute approximate surface area is 145 Å². The number of benzene rings is 1. The molecule has 0 spiro atoms. The SMILES string of the molecule is COC(=O)[C@@H]1CC[C@H](C(=O)Nc2cc3c(C)cc(=O)oc3cc2C)C1. The van der Waals surface area contributed by atoms with Gasteiger partial charge in [-0.1, -0.05) is 0 Å². The quantitative estimate of drug-likeness (QED) is 0.684. The van der Waals surface area contributed by atoms with Crippen molar-refractivity contribution in [3.63, 3.8) is 0 Å². The second kappa shape index (κ2) is 6.70. The summed E-state index contributed by atoms with van der Waals surface area (Å²) in [5, 5.41) is 3.74. The Hall–Kier alpha value is -2.63. The third-order valence-electron chi connectivity index (χ3n) is 4.89. The Morgan fingerprint density at radius 3 is 2.56 bits per heavy atom. The van der Waals surface area contributed by atoms with Gasteiger partial charge in [-0.3, -0.25) is 9.59 Å². The molecule has 0 saturated heterocycles. The van der Waals surface area contributed by atoms with E-state index in [1.807, 2.05) is 19.9 Å². The first-order valence-corrected chi connectivity index (χ1v) is 8.33. The zero-order valence-corrected chi connectivity index (χ0v) is 14.5. The van der Waals surface area contributed by atoms with E-state index in [9.17, 15) is 14.4 Å². The van der Waals surface area contributed by atoms with Crippen molar-refractivity contribution in [1.29, 1.82) is 0 Å². The standard InChI is InChI=1S/C19H21NO5/c1-10-7-17(21)25-16-6-11(2)15(9-14(10)16)20-18(22)12-4-5-13(8-12)19(23)24-3/h6-7,9,12-13H,4-5,8H2,1-3H3,(H,20,22)/t12-,13+/m0/s1. The number of carbonyl (C=O) groups is 2. The maximum atomic E-state index is 12.6. The Morgan fingerprint density at radius 1 is 1.12 bits per heavy atom. The van der Waals surface area contributed by atoms with Gasteiger partial charge in [0.05, 0.1) is 13.0 Å². The highest BCUT2D eigenvalue weighted by Crippen LogP contribution is 2.33. The fourth-order valence-electron chi connectivity index (χ4n) is 3.44. The van der Waals surface area contributed by atoms with Crippen LogP contribution in [0.25, 0.3) is 11.0 Å². The van der Waals surface area contributed by atoms with Gasteiger partial charge < -0.3 is 14.5 Å². The van der Waals surface area contributed by atoms with Crippen molar-refractivity contribution in [2.75, 3.05) is 12.4 Å². The molecule has 1 saturated carbocycles. The maximum absolute atomic E-state index is 12.6. The summed E-state index contributed by atoms with van der Waals surface area (Å²) in [5.74, 6) is -0.740. The van der Waals surface area contributed by atoms with Crippen LogP contribution in [-0.4, -0.2) is 19.0 Å². The first-order chi connectivity index (χ1) is 11.9. The second-order valence-corrected chi connectivity index (χ2v) is 6.63. The largest absolute Gasteiger partial charge is 0.469 e. The average molecular weight is 343 g/mol. The summed E-state index contributed by atoms with van der Waals surface area (Å²) in [7, 11) is 1.37. The van der Waals surface area contributed by atoms with Crippen molar-refractivity contribution >= 4 is 28.5 Å². The minimum Gasteiger partial charge on any atom is -0.469 e. The molecule has 1 aromatic heterocycles. The molecule has 1 aliphatic rings. The van der Waals surface area contributed by atoms with Crippen LogP contribution < -0.4 is 10.9 Å². The topological polar surface area (TPSA) is 85.6 Å². The van der Waals surface area contributed by atoms with Gasteiger partial charge in [0.2, 0.25) is 5.91 Å². The minimum absolute atomic E-state index is 0.0936. The fourth-order valence-corrected chi connectivity index (χ4v) is 3.44. The zero-order chi connectivity index (χ0) is 18.1. The lowest BCUT2D eigenvalue weighted by Crippen LogP contribution is -2.22. The van der Waals surface area contributed by atoms with Crippen LogP contribution in [0.15, 0.2) is 27.4 Å². The average Bonchev–Trinajstić information content (AvgIpc) is 3.05. The third-order valence-corrected chi connectivity index (χ3v) is 4.89. The van der Waals surface area contributed by atoms with Crippen molar-refractivity contribution in [3.05, 3.63) is 39.7 Å². The highest BCUT2D eigenvalue weighted by molar-refractivity contribution is 5.96. The van der Waals surface area contributed by atoms with Gasteiger partial charge in [-0.2, -0.15) is 0 Å². The summed E-state index contributed by atoms with van der Waals surface area (Å²) < 4.78 is 9.98. The molecular formula is C19H21NO5. The molecule has 0 aliphatic heterocycles. The molecule has 1 aromatic carbocycles. The molecule has 132 valence electrons. The molecule has 0 bridgehead atoms. The molecule has 1 aliphatic carbocycles. The number of ether oxygens (including phenoxy) is 1. The molecular weight excluding hydrogens is 322 g/mol. The number of fused-ring (bicyclic) bond motifs is 1. The van der Waals surface area contributed by atoms with Gasteiger partial charge in [0, 0.05) is 23.1 Å². The Morgan fingerprint density at radius 2 is 1.84 bits per heavy atom. The predicted octanol–water partition coefficient (Wildman–Crippen LogP) is 2.94. The van der Waals surface area contributed by atoms with E-state index in [-0.39, 0.29) is 29.3 Å². The van der Waals surface area contributed by atoms with Gasteiger partial charge in [0.25, 0.3) is 0 Å². The predicted molar refractivity (Wildman–Crippen MR) is 93.4 cm³/mol. The van der Waals surface area contributed by atoms with Gasteiger partial charge in [0.1, 0.15) is 5.58 Å². The number of carbonyl (C=O) groups excluding carboxylic acids is 2. The maximum Gasteiger partial charge on any atom is 0.336 e. The summed E-state index contributed by atoms with van der Waals surface area (Å²) in [6, 6.07) is 5.01. The number of rotatable bonds is 3. The van der Waals surface area contributed by atoms with E-state index >= 15 is 0 Å². The van der Waals surface area contributed by atoms with Crippen LogP contribution in [0.3, 0.4) is 0 Å². The number of hydrogen-bond acceptors (Lipinski definition) is 5. The second-order valence-electron chi connectivity index (χ2n) is 6.63. The van der Waals surface area contributed by atoms with E-state index in [0.29, 0.717) is 30.5 Å². The first-order valence-electron chi connectivity index (χ1n) is 8.33. The van der Waals surface area contributed by atoms with Gasteiger partial charge >= 0.3 is 11.6 Å². The highest BCUT2D eigenvalue weighted by atomic mass is 16.5. The van der Waals surface area contributed by atoms with Crippen LogP contribution >= 0.6 is 0 Å². The van der Waals surface area contributed by atoms with Crippen molar-refractivity contribution < 1.29 is 18.7 Å². The Bertz CT molecular complexity index is 899. The lowest BCUT2D eigenvalue weighted by molar-refractivity contribution is -0.145. The van der Waals surface area contributed by atoms with Crippen LogP contribution in [0.5, 0.6) is 0 Å². The van der Waals surface area contributed by atoms with E-state index in [2.05, 4.69) is 5.32 Å². The molecule has 6 nitrogen and oxygen atoms in total. The van der Waals surface area contributed by atoms with E-state index in [1.54, 1.807) is 6.07 Å². The number of methoxy groups -OCH3 is 1. The molecule has 0 radical (unpaired) electrons. The third kappa shape index (κ3) is 3.43. The number of nitrogens with one attached hydrogen (secondary N) is 1. The molecule has 6 heteroatoms. The molecule has 1 amide bonds. The lowest BCUT2D eigenvalue weighted by atomic mass is 10.0. The van der Waals surface area contributed by atoms with Crippen LogP contribution in [0.1, 0.15) is 30.4 Å². The lowest BCUT2D eigenvalue weighted by Gasteiger charge is -2.14. The van der Waals surface area contributed by atoms with Crippen LogP contribution in [0, 0.1) is 25.7 Å². The molecule has 2 atom stereocenters. The number of anilines is 1. The molecule has 1 N–H and O–H groups in total. The monoisotopic (exact) mass is 343 g/mol. The summed E-state index contributed by atoms with van der Waals surface area (Å²) in [6.07, 6.45) is 1.86. The number of hydrogen-bond donors (Lipinski definition) is 1. The van der Waals surface area contributed by atoms with Crippen molar-refractivity contribution in [2.45, 2.75) is 33.1 Å². The minimum atomic E-state index is -0.388. The van der Waals surface area contributed by atoms with Gasteiger partial charge in [-0.15, -0.1) is 0 Å². The Kier molecular flexibility index (Phi) is 4.61. The Balaban J connectivity index is 1.81. The van der Waals surface area contributed by atoms with E-state index < -0.39 is 0 Å². The molecule has 3 rings (SSSR count). The van der Waals surface area contributed by atoms with Crippen molar-refractivity contribution in [2.24, 2.45) is 11.8 Å². The first kappa shape index (κ1) is 17.2. The normalized spacial score (nSPS) is 19.8.